The van der Waals surface area contributed by atoms with Crippen LogP contribution in [0.25, 0.3) is 0 Å². The zero-order valence-electron chi connectivity index (χ0n) is 19.2. The Labute approximate surface area is 195 Å². The molecule has 0 bridgehead atoms. The number of carbonyl (C=O) groups is 2. The van der Waals surface area contributed by atoms with Gasteiger partial charge in [0.05, 0.1) is 36.6 Å². The topological polar surface area (TPSA) is 125 Å². The predicted octanol–water partition coefficient (Wildman–Crippen LogP) is 3.15. The zero-order valence-corrected chi connectivity index (χ0v) is 19.2. The van der Waals surface area contributed by atoms with E-state index in [4.69, 9.17) is 13.9 Å². The summed E-state index contributed by atoms with van der Waals surface area (Å²) in [5.41, 5.74) is 1.80. The molecule has 34 heavy (non-hydrogen) atoms. The Morgan fingerprint density at radius 1 is 0.912 bits per heavy atom. The molecule has 1 aromatic carbocycles. The number of rotatable bonds is 8. The maximum atomic E-state index is 12.9. The molecule has 0 saturated carbocycles. The molecule has 0 radical (unpaired) electrons. The third-order valence-corrected chi connectivity index (χ3v) is 5.21. The first-order valence-corrected chi connectivity index (χ1v) is 10.3. The summed E-state index contributed by atoms with van der Waals surface area (Å²) in [6.45, 7) is 1.98. The van der Waals surface area contributed by atoms with Gasteiger partial charge in [0.1, 0.15) is 29.6 Å². The van der Waals surface area contributed by atoms with Gasteiger partial charge < -0.3 is 24.5 Å². The van der Waals surface area contributed by atoms with Crippen LogP contribution < -0.4 is 20.1 Å². The van der Waals surface area contributed by atoms with Crippen LogP contribution in [0.15, 0.2) is 53.2 Å². The van der Waals surface area contributed by atoms with Crippen molar-refractivity contribution in [2.75, 3.05) is 17.7 Å². The van der Waals surface area contributed by atoms with E-state index in [1.165, 1.54) is 16.9 Å². The lowest BCUT2D eigenvalue weighted by molar-refractivity contribution is 0.0992. The first-order valence-electron chi connectivity index (χ1n) is 10.3. The van der Waals surface area contributed by atoms with Crippen LogP contribution in [0.5, 0.6) is 11.5 Å². The predicted molar refractivity (Wildman–Crippen MR) is 123 cm³/mol. The molecule has 0 fully saturated rings. The fourth-order valence-corrected chi connectivity index (χ4v) is 3.19. The molecule has 2 amide bonds. The number of anilines is 2. The maximum absolute atomic E-state index is 12.9. The van der Waals surface area contributed by atoms with Crippen LogP contribution in [-0.2, 0) is 20.7 Å². The van der Waals surface area contributed by atoms with Crippen LogP contribution in [0.4, 0.5) is 11.4 Å². The molecule has 2 N–H and O–H groups in total. The lowest BCUT2D eigenvalue weighted by Crippen LogP contribution is -2.20. The Kier molecular flexibility index (Phi) is 6.35. The number of ether oxygens (including phenoxy) is 2. The van der Waals surface area contributed by atoms with Crippen molar-refractivity contribution in [2.24, 2.45) is 14.1 Å². The molecule has 3 heterocycles. The number of amides is 2. The molecule has 0 aliphatic carbocycles. The van der Waals surface area contributed by atoms with Crippen molar-refractivity contribution in [1.82, 2.24) is 19.6 Å². The van der Waals surface area contributed by atoms with E-state index in [1.54, 1.807) is 62.4 Å². The van der Waals surface area contributed by atoms with Gasteiger partial charge in [0, 0.05) is 14.1 Å². The fourth-order valence-electron chi connectivity index (χ4n) is 3.19. The summed E-state index contributed by atoms with van der Waals surface area (Å²) in [6, 6.07) is 10.3. The molecule has 0 aliphatic rings. The Hall–Kier alpha value is -4.54. The molecule has 0 spiro atoms. The van der Waals surface area contributed by atoms with Crippen LogP contribution in [0.2, 0.25) is 0 Å². The van der Waals surface area contributed by atoms with Crippen molar-refractivity contribution in [3.8, 4) is 11.5 Å². The molecular formula is C23H24N6O5. The lowest BCUT2D eigenvalue weighted by Gasteiger charge is -2.08. The minimum atomic E-state index is -0.518. The highest BCUT2D eigenvalue weighted by molar-refractivity contribution is 6.11. The minimum absolute atomic E-state index is 0.0756. The highest BCUT2D eigenvalue weighted by atomic mass is 16.5. The van der Waals surface area contributed by atoms with Gasteiger partial charge in [0.2, 0.25) is 0 Å². The molecule has 4 aromatic rings. The highest BCUT2D eigenvalue weighted by Gasteiger charge is 2.22. The molecule has 11 heteroatoms. The van der Waals surface area contributed by atoms with Gasteiger partial charge in [-0.15, -0.1) is 0 Å². The van der Waals surface area contributed by atoms with Crippen molar-refractivity contribution in [3.63, 3.8) is 0 Å². The Bertz CT molecular complexity index is 1320. The van der Waals surface area contributed by atoms with Crippen LogP contribution in [0.3, 0.4) is 0 Å². The van der Waals surface area contributed by atoms with E-state index in [0.717, 1.165) is 11.4 Å². The van der Waals surface area contributed by atoms with Gasteiger partial charge in [-0.2, -0.15) is 10.2 Å². The summed E-state index contributed by atoms with van der Waals surface area (Å²) in [5, 5.41) is 13.7. The summed E-state index contributed by atoms with van der Waals surface area (Å²) in [6.07, 6.45) is 2.96. The number of hydrogen-bond donors (Lipinski definition) is 2. The van der Waals surface area contributed by atoms with Gasteiger partial charge in [-0.25, -0.2) is 0 Å². The molecule has 4 rings (SSSR count). The summed E-state index contributed by atoms with van der Waals surface area (Å²) in [5.74, 6) is 0.958. The van der Waals surface area contributed by atoms with E-state index in [-0.39, 0.29) is 23.7 Å². The van der Waals surface area contributed by atoms with Crippen LogP contribution in [-0.4, -0.2) is 38.5 Å². The van der Waals surface area contributed by atoms with Gasteiger partial charge in [-0.3, -0.25) is 19.0 Å². The molecule has 176 valence electrons. The smallest absolute Gasteiger partial charge is 0.291 e. The van der Waals surface area contributed by atoms with Crippen molar-refractivity contribution in [2.45, 2.75) is 13.5 Å². The average Bonchev–Trinajstić information content (AvgIpc) is 3.54. The third-order valence-electron chi connectivity index (χ3n) is 5.21. The van der Waals surface area contributed by atoms with E-state index < -0.39 is 11.8 Å². The van der Waals surface area contributed by atoms with Gasteiger partial charge in [-0.1, -0.05) is 0 Å². The summed E-state index contributed by atoms with van der Waals surface area (Å²) in [7, 11) is 4.98. The lowest BCUT2D eigenvalue weighted by atomic mass is 10.3. The second kappa shape index (κ2) is 9.53. The van der Waals surface area contributed by atoms with Crippen molar-refractivity contribution < 1.29 is 23.5 Å². The molecule has 0 aliphatic heterocycles. The average molecular weight is 464 g/mol. The SMILES string of the molecule is COc1ccc(OCc2ccc(C(=O)Nc3cnn(C)c3C(=O)Nc3cnn(C)c3C)o2)cc1. The number of benzene rings is 1. The first-order chi connectivity index (χ1) is 16.4. The number of aryl methyl sites for hydroxylation is 2. The number of carbonyl (C=O) groups excluding carboxylic acids is 2. The molecule has 3 aromatic heterocycles. The Morgan fingerprint density at radius 3 is 2.24 bits per heavy atom. The monoisotopic (exact) mass is 464 g/mol. The van der Waals surface area contributed by atoms with E-state index >= 15 is 0 Å². The standard InChI is InChI=1S/C23H24N6O5/c1-14-18(11-24-28(14)2)26-23(31)21-19(12-25-29(21)3)27-22(30)20-10-9-17(34-20)13-33-16-7-5-15(32-4)6-8-16/h5-12H,13H2,1-4H3,(H,26,31)(H,27,30). The molecule has 0 saturated heterocycles. The van der Waals surface area contributed by atoms with Crippen LogP contribution >= 0.6 is 0 Å². The summed E-state index contributed by atoms with van der Waals surface area (Å²) < 4.78 is 19.4. The third kappa shape index (κ3) is 4.77. The number of nitrogens with one attached hydrogen (secondary N) is 2. The van der Waals surface area contributed by atoms with Gasteiger partial charge in [-0.05, 0) is 43.3 Å². The van der Waals surface area contributed by atoms with Crippen molar-refractivity contribution >= 4 is 23.2 Å². The van der Waals surface area contributed by atoms with Crippen LogP contribution in [0.1, 0.15) is 32.5 Å². The van der Waals surface area contributed by atoms with E-state index in [0.29, 0.717) is 17.2 Å². The van der Waals surface area contributed by atoms with Crippen molar-refractivity contribution in [3.05, 3.63) is 71.7 Å². The zero-order chi connectivity index (χ0) is 24.2. The number of hydrogen-bond acceptors (Lipinski definition) is 7. The number of furan rings is 1. The normalized spacial score (nSPS) is 10.7. The second-order valence-corrected chi connectivity index (χ2v) is 7.44. The van der Waals surface area contributed by atoms with E-state index in [1.807, 2.05) is 6.92 Å². The fraction of sp³-hybridized carbons (Fsp3) is 0.217. The molecule has 0 unspecified atom stereocenters. The highest BCUT2D eigenvalue weighted by Crippen LogP contribution is 2.21. The maximum Gasteiger partial charge on any atom is 0.291 e. The quantitative estimate of drug-likeness (QED) is 0.410. The number of aromatic nitrogens is 4. The van der Waals surface area contributed by atoms with Gasteiger partial charge in [0.15, 0.2) is 5.76 Å². The second-order valence-electron chi connectivity index (χ2n) is 7.44. The summed E-state index contributed by atoms with van der Waals surface area (Å²) >= 11 is 0. The number of nitrogens with zero attached hydrogens (tertiary/aromatic N) is 4. The number of methoxy groups -OCH3 is 1. The van der Waals surface area contributed by atoms with Crippen molar-refractivity contribution in [1.29, 1.82) is 0 Å². The molecule has 11 nitrogen and oxygen atoms in total. The Balaban J connectivity index is 1.41. The van der Waals surface area contributed by atoms with Crippen LogP contribution in [0, 0.1) is 6.92 Å². The van der Waals surface area contributed by atoms with E-state index in [9.17, 15) is 9.59 Å². The summed E-state index contributed by atoms with van der Waals surface area (Å²) in [4.78, 5) is 25.6. The Morgan fingerprint density at radius 2 is 1.56 bits per heavy atom. The molecular weight excluding hydrogens is 440 g/mol. The minimum Gasteiger partial charge on any atom is -0.497 e. The van der Waals surface area contributed by atoms with Gasteiger partial charge in [0.25, 0.3) is 11.8 Å². The van der Waals surface area contributed by atoms with Gasteiger partial charge >= 0.3 is 0 Å². The first kappa shape index (κ1) is 22.6. The molecule has 0 atom stereocenters. The largest absolute Gasteiger partial charge is 0.497 e. The van der Waals surface area contributed by atoms with E-state index in [2.05, 4.69) is 20.8 Å².